The van der Waals surface area contributed by atoms with Crippen LogP contribution in [0.4, 0.5) is 4.79 Å². The Morgan fingerprint density at radius 3 is 2.17 bits per heavy atom. The number of nitrogens with one attached hydrogen (secondary N) is 1. The van der Waals surface area contributed by atoms with Crippen LogP contribution in [0.25, 0.3) is 0 Å². The molecule has 0 aliphatic heterocycles. The van der Waals surface area contributed by atoms with Crippen molar-refractivity contribution in [3.8, 4) is 0 Å². The van der Waals surface area contributed by atoms with E-state index in [0.717, 1.165) is 12.2 Å². The predicted octanol–water partition coefficient (Wildman–Crippen LogP) is 0.741. The highest BCUT2D eigenvalue weighted by atomic mass is 16.6. The summed E-state index contributed by atoms with van der Waals surface area (Å²) in [7, 11) is 1.18. The topological polar surface area (TPSA) is 90.9 Å². The first kappa shape index (κ1) is 16.0. The highest BCUT2D eigenvalue weighted by molar-refractivity contribution is 5.91. The molecule has 1 N–H and O–H groups in total. The van der Waals surface area contributed by atoms with E-state index in [-0.39, 0.29) is 6.73 Å². The summed E-state index contributed by atoms with van der Waals surface area (Å²) in [6.07, 6.45) is 1.10. The van der Waals surface area contributed by atoms with E-state index in [1.807, 2.05) is 0 Å². The minimum atomic E-state index is -0.781. The fourth-order valence-corrected chi connectivity index (χ4v) is 0.733. The first-order chi connectivity index (χ1) is 8.24. The molecule has 0 aliphatic rings. The van der Waals surface area contributed by atoms with E-state index in [0.29, 0.717) is 0 Å². The van der Waals surface area contributed by atoms with Crippen molar-refractivity contribution in [1.82, 2.24) is 5.32 Å². The number of carbonyl (C=O) groups excluding carboxylic acids is 3. The maximum absolute atomic E-state index is 11.1. The summed E-state index contributed by atoms with van der Waals surface area (Å²) in [5.74, 6) is -1.46. The number of rotatable bonds is 4. The minimum Gasteiger partial charge on any atom is -0.466 e. The van der Waals surface area contributed by atoms with E-state index in [2.05, 4.69) is 14.8 Å². The summed E-state index contributed by atoms with van der Waals surface area (Å²) >= 11 is 0. The molecule has 0 bridgehead atoms. The van der Waals surface area contributed by atoms with Gasteiger partial charge < -0.3 is 14.2 Å². The van der Waals surface area contributed by atoms with Gasteiger partial charge >= 0.3 is 18.0 Å². The Morgan fingerprint density at radius 1 is 1.11 bits per heavy atom. The monoisotopic (exact) mass is 259 g/mol. The molecule has 0 saturated carbocycles. The van der Waals surface area contributed by atoms with Gasteiger partial charge in [0.15, 0.2) is 6.73 Å². The van der Waals surface area contributed by atoms with Gasteiger partial charge in [-0.1, -0.05) is 0 Å². The molecule has 0 atom stereocenters. The molecule has 0 aromatic carbocycles. The molecule has 0 saturated heterocycles. The zero-order valence-electron chi connectivity index (χ0n) is 10.8. The number of hydrogen-bond donors (Lipinski definition) is 1. The Balaban J connectivity index is 3.85. The van der Waals surface area contributed by atoms with Gasteiger partial charge in [-0.3, -0.25) is 5.32 Å². The van der Waals surface area contributed by atoms with Crippen LogP contribution in [0.2, 0.25) is 0 Å². The van der Waals surface area contributed by atoms with Gasteiger partial charge in [-0.15, -0.1) is 0 Å². The predicted molar refractivity (Wildman–Crippen MR) is 61.5 cm³/mol. The number of ether oxygens (including phenoxy) is 3. The maximum Gasteiger partial charge on any atom is 0.410 e. The summed E-state index contributed by atoms with van der Waals surface area (Å²) in [4.78, 5) is 32.8. The molecule has 18 heavy (non-hydrogen) atoms. The van der Waals surface area contributed by atoms with E-state index in [4.69, 9.17) is 4.74 Å². The van der Waals surface area contributed by atoms with Crippen molar-refractivity contribution in [2.24, 2.45) is 0 Å². The van der Waals surface area contributed by atoms with Crippen molar-refractivity contribution >= 4 is 18.0 Å². The first-order valence-electron chi connectivity index (χ1n) is 5.14. The van der Waals surface area contributed by atoms with E-state index in [1.54, 1.807) is 20.8 Å². The second-order valence-corrected chi connectivity index (χ2v) is 4.14. The molecule has 0 aliphatic carbocycles. The largest absolute Gasteiger partial charge is 0.466 e. The van der Waals surface area contributed by atoms with Gasteiger partial charge in [0.2, 0.25) is 0 Å². The van der Waals surface area contributed by atoms with Crippen LogP contribution in [-0.2, 0) is 23.8 Å². The van der Waals surface area contributed by atoms with Crippen LogP contribution < -0.4 is 5.32 Å². The summed E-state index contributed by atoms with van der Waals surface area (Å²) in [5.41, 5.74) is -0.626. The third kappa shape index (κ3) is 9.20. The Labute approximate surface area is 105 Å². The molecule has 0 aromatic heterocycles. The van der Waals surface area contributed by atoms with Gasteiger partial charge in [-0.05, 0) is 20.8 Å². The number of methoxy groups -OCH3 is 1. The van der Waals surface area contributed by atoms with Gasteiger partial charge in [0.1, 0.15) is 5.60 Å². The van der Waals surface area contributed by atoms with Gasteiger partial charge in [-0.2, -0.15) is 0 Å². The van der Waals surface area contributed by atoms with Gasteiger partial charge in [-0.25, -0.2) is 14.4 Å². The fourth-order valence-electron chi connectivity index (χ4n) is 0.733. The summed E-state index contributed by atoms with van der Waals surface area (Å²) < 4.78 is 13.8. The van der Waals surface area contributed by atoms with E-state index in [9.17, 15) is 14.4 Å². The Bertz CT molecular complexity index is 342. The highest BCUT2D eigenvalue weighted by Crippen LogP contribution is 2.06. The van der Waals surface area contributed by atoms with Crippen molar-refractivity contribution in [2.75, 3.05) is 13.8 Å². The Hall–Kier alpha value is -2.05. The molecule has 7 heteroatoms. The lowest BCUT2D eigenvalue weighted by Crippen LogP contribution is -2.34. The Morgan fingerprint density at radius 2 is 1.67 bits per heavy atom. The number of esters is 2. The molecule has 0 radical (unpaired) electrons. The molecule has 0 aromatic rings. The maximum atomic E-state index is 11.1. The average molecular weight is 259 g/mol. The van der Waals surface area contributed by atoms with Gasteiger partial charge in [0.25, 0.3) is 0 Å². The second-order valence-electron chi connectivity index (χ2n) is 4.14. The molecule has 7 nitrogen and oxygen atoms in total. The number of carbonyl (C=O) groups is 3. The van der Waals surface area contributed by atoms with Crippen molar-refractivity contribution in [3.63, 3.8) is 0 Å². The van der Waals surface area contributed by atoms with E-state index >= 15 is 0 Å². The second kappa shape index (κ2) is 7.31. The van der Waals surface area contributed by atoms with Crippen LogP contribution in [-0.4, -0.2) is 37.5 Å². The third-order valence-corrected chi connectivity index (χ3v) is 1.39. The van der Waals surface area contributed by atoms with Crippen LogP contribution in [0, 0.1) is 0 Å². The van der Waals surface area contributed by atoms with Crippen molar-refractivity contribution < 1.29 is 28.6 Å². The van der Waals surface area contributed by atoms with Gasteiger partial charge in [0.05, 0.1) is 7.11 Å². The van der Waals surface area contributed by atoms with E-state index in [1.165, 1.54) is 7.11 Å². The highest BCUT2D eigenvalue weighted by Gasteiger charge is 2.15. The lowest BCUT2D eigenvalue weighted by Gasteiger charge is -2.19. The molecule has 102 valence electrons. The first-order valence-corrected chi connectivity index (χ1v) is 5.14. The molecule has 0 fully saturated rings. The van der Waals surface area contributed by atoms with Crippen molar-refractivity contribution in [1.29, 1.82) is 0 Å². The van der Waals surface area contributed by atoms with Crippen molar-refractivity contribution in [3.05, 3.63) is 12.2 Å². The number of amides is 1. The quantitative estimate of drug-likeness (QED) is 0.346. The lowest BCUT2D eigenvalue weighted by atomic mass is 10.2. The molecule has 0 unspecified atom stereocenters. The number of alkyl carbamates (subject to hydrolysis) is 1. The van der Waals surface area contributed by atoms with Crippen LogP contribution in [0.3, 0.4) is 0 Å². The van der Waals surface area contributed by atoms with Gasteiger partial charge in [0, 0.05) is 12.2 Å². The zero-order chi connectivity index (χ0) is 14.2. The summed E-state index contributed by atoms with van der Waals surface area (Å²) in [6.45, 7) is 4.77. The molecular weight excluding hydrogens is 242 g/mol. The molecule has 0 heterocycles. The van der Waals surface area contributed by atoms with Crippen molar-refractivity contribution in [2.45, 2.75) is 26.4 Å². The molecular formula is C11H17NO6. The normalized spacial score (nSPS) is 10.9. The lowest BCUT2D eigenvalue weighted by molar-refractivity contribution is -0.139. The Kier molecular flexibility index (Phi) is 6.48. The SMILES string of the molecule is COC(=O)/C=C/C(=O)OCNC(=O)OC(C)(C)C. The number of hydrogen-bond acceptors (Lipinski definition) is 6. The summed E-state index contributed by atoms with van der Waals surface area (Å²) in [6, 6.07) is 0. The molecule has 0 rings (SSSR count). The average Bonchev–Trinajstić information content (AvgIpc) is 2.23. The van der Waals surface area contributed by atoms with Crippen LogP contribution >= 0.6 is 0 Å². The van der Waals surface area contributed by atoms with Crippen LogP contribution in [0.5, 0.6) is 0 Å². The standard InChI is InChI=1S/C11H17NO6/c1-11(2,3)18-10(15)12-7-17-9(14)6-5-8(13)16-4/h5-6H,7H2,1-4H3,(H,12,15)/b6-5+. The molecule has 1 amide bonds. The minimum absolute atomic E-state index is 0.348. The zero-order valence-corrected chi connectivity index (χ0v) is 10.8. The fraction of sp³-hybridized carbons (Fsp3) is 0.545. The third-order valence-electron chi connectivity index (χ3n) is 1.39. The smallest absolute Gasteiger partial charge is 0.410 e. The van der Waals surface area contributed by atoms with Crippen LogP contribution in [0.15, 0.2) is 12.2 Å². The molecule has 0 spiro atoms. The van der Waals surface area contributed by atoms with Crippen LogP contribution in [0.1, 0.15) is 20.8 Å². The van der Waals surface area contributed by atoms with E-state index < -0.39 is 23.6 Å². The summed E-state index contributed by atoms with van der Waals surface area (Å²) in [5, 5.41) is 2.22.